The zero-order valence-electron chi connectivity index (χ0n) is 19.9. The lowest BCUT2D eigenvalue weighted by molar-refractivity contribution is 0.0620. The van der Waals surface area contributed by atoms with Crippen molar-refractivity contribution < 1.29 is 9.90 Å². The predicted octanol–water partition coefficient (Wildman–Crippen LogP) is 4.47. The van der Waals surface area contributed by atoms with Crippen LogP contribution in [0.5, 0.6) is 5.75 Å². The molecule has 0 radical (unpaired) electrons. The molecule has 4 aromatic rings. The molecule has 0 saturated carbocycles. The van der Waals surface area contributed by atoms with Crippen molar-refractivity contribution in [2.24, 2.45) is 0 Å². The minimum atomic E-state index is -0.639. The molecule has 1 amide bonds. The van der Waals surface area contributed by atoms with Gasteiger partial charge in [-0.25, -0.2) is 0 Å². The number of aryl methyl sites for hydroxylation is 2. The zero-order valence-corrected chi connectivity index (χ0v) is 19.9. The number of hydrogen-bond acceptors (Lipinski definition) is 4. The molecule has 0 bridgehead atoms. The summed E-state index contributed by atoms with van der Waals surface area (Å²) >= 11 is 0. The largest absolute Gasteiger partial charge is 0.502 e. The second kappa shape index (κ2) is 9.11. The number of aromatic hydroxyl groups is 1. The molecular weight excluding hydrogens is 450 g/mol. The maximum atomic E-state index is 13.4. The molecule has 1 atom stereocenters. The molecular formula is C30H27N3O3. The Morgan fingerprint density at radius 2 is 1.44 bits per heavy atom. The molecule has 6 nitrogen and oxygen atoms in total. The van der Waals surface area contributed by atoms with Crippen LogP contribution >= 0.6 is 0 Å². The molecule has 1 N–H and O–H groups in total. The van der Waals surface area contributed by atoms with E-state index >= 15 is 0 Å². The highest BCUT2D eigenvalue weighted by atomic mass is 16.3. The zero-order chi connectivity index (χ0) is 24.6. The van der Waals surface area contributed by atoms with Gasteiger partial charge in [0, 0.05) is 19.0 Å². The van der Waals surface area contributed by atoms with Gasteiger partial charge in [-0.3, -0.25) is 14.3 Å². The Labute approximate surface area is 209 Å². The van der Waals surface area contributed by atoms with Gasteiger partial charge in [0.15, 0.2) is 11.4 Å². The number of carbonyl (C=O) groups is 1. The van der Waals surface area contributed by atoms with E-state index in [1.807, 2.05) is 30.3 Å². The third-order valence-corrected chi connectivity index (χ3v) is 7.50. The van der Waals surface area contributed by atoms with Gasteiger partial charge in [-0.2, -0.15) is 5.10 Å². The number of carbonyl (C=O) groups excluding carboxylic acids is 1. The first-order valence-electron chi connectivity index (χ1n) is 12.4. The molecule has 2 aliphatic rings. The third kappa shape index (κ3) is 3.88. The Kier molecular flexibility index (Phi) is 5.64. The van der Waals surface area contributed by atoms with Crippen LogP contribution in [-0.4, -0.2) is 32.2 Å². The monoisotopic (exact) mass is 477 g/mol. The summed E-state index contributed by atoms with van der Waals surface area (Å²) < 4.78 is 1.58. The van der Waals surface area contributed by atoms with Crippen LogP contribution in [0.3, 0.4) is 0 Å². The van der Waals surface area contributed by atoms with Crippen LogP contribution in [0.25, 0.3) is 0 Å². The molecule has 0 saturated heterocycles. The van der Waals surface area contributed by atoms with Crippen LogP contribution in [0.4, 0.5) is 0 Å². The standard InChI is InChI=1S/C30H27N3O3/c34-27-17-31-33-23(19-32(30(36)28(33)29(27)35)18-20-8-2-1-3-9-20)16-26-24-12-6-4-10-21(24)14-15-22-11-5-7-13-25(22)26/h1-13,17,23,26,35H,14-16,18-19H2. The second-order valence-corrected chi connectivity index (χ2v) is 9.66. The van der Waals surface area contributed by atoms with E-state index in [4.69, 9.17) is 0 Å². The van der Waals surface area contributed by atoms with Gasteiger partial charge in [0.25, 0.3) is 5.91 Å². The van der Waals surface area contributed by atoms with E-state index in [0.717, 1.165) is 24.6 Å². The van der Waals surface area contributed by atoms with Crippen molar-refractivity contribution in [3.8, 4) is 5.75 Å². The molecule has 6 heteroatoms. The number of benzene rings is 3. The molecule has 2 heterocycles. The van der Waals surface area contributed by atoms with Gasteiger partial charge in [0.2, 0.25) is 5.43 Å². The summed E-state index contributed by atoms with van der Waals surface area (Å²) in [6, 6.07) is 26.7. The highest BCUT2D eigenvalue weighted by Gasteiger charge is 2.37. The fourth-order valence-corrected chi connectivity index (χ4v) is 5.78. The average molecular weight is 478 g/mol. The molecule has 1 aromatic heterocycles. The van der Waals surface area contributed by atoms with Crippen molar-refractivity contribution in [1.82, 2.24) is 14.7 Å². The summed E-state index contributed by atoms with van der Waals surface area (Å²) in [7, 11) is 0. The Balaban J connectivity index is 1.45. The van der Waals surface area contributed by atoms with E-state index in [9.17, 15) is 14.7 Å². The fourth-order valence-electron chi connectivity index (χ4n) is 5.78. The normalized spacial score (nSPS) is 17.2. The summed E-state index contributed by atoms with van der Waals surface area (Å²) in [5, 5.41) is 15.0. The van der Waals surface area contributed by atoms with Gasteiger partial charge in [-0.05, 0) is 47.1 Å². The van der Waals surface area contributed by atoms with Crippen LogP contribution < -0.4 is 5.43 Å². The molecule has 36 heavy (non-hydrogen) atoms. The maximum absolute atomic E-state index is 13.4. The predicted molar refractivity (Wildman–Crippen MR) is 137 cm³/mol. The minimum Gasteiger partial charge on any atom is -0.502 e. The van der Waals surface area contributed by atoms with Crippen molar-refractivity contribution in [2.75, 3.05) is 6.54 Å². The molecule has 1 aliphatic carbocycles. The van der Waals surface area contributed by atoms with Gasteiger partial charge in [-0.15, -0.1) is 0 Å². The third-order valence-electron chi connectivity index (χ3n) is 7.50. The summed E-state index contributed by atoms with van der Waals surface area (Å²) in [6.07, 6.45) is 3.76. The lowest BCUT2D eigenvalue weighted by atomic mass is 9.83. The van der Waals surface area contributed by atoms with E-state index < -0.39 is 11.2 Å². The van der Waals surface area contributed by atoms with Gasteiger partial charge >= 0.3 is 0 Å². The molecule has 3 aromatic carbocycles. The number of aromatic nitrogens is 2. The molecule has 0 fully saturated rings. The lowest BCUT2D eigenvalue weighted by Crippen LogP contribution is -2.45. The summed E-state index contributed by atoms with van der Waals surface area (Å²) in [5.41, 5.74) is 5.59. The first kappa shape index (κ1) is 22.3. The maximum Gasteiger partial charge on any atom is 0.276 e. The molecule has 1 aliphatic heterocycles. The van der Waals surface area contributed by atoms with E-state index in [1.165, 1.54) is 22.3 Å². The lowest BCUT2D eigenvalue weighted by Gasteiger charge is -2.37. The van der Waals surface area contributed by atoms with Gasteiger partial charge in [-0.1, -0.05) is 78.9 Å². The topological polar surface area (TPSA) is 75.4 Å². The van der Waals surface area contributed by atoms with Crippen molar-refractivity contribution in [3.05, 3.63) is 129 Å². The van der Waals surface area contributed by atoms with Crippen molar-refractivity contribution in [1.29, 1.82) is 0 Å². The smallest absolute Gasteiger partial charge is 0.276 e. The van der Waals surface area contributed by atoms with Crippen molar-refractivity contribution in [3.63, 3.8) is 0 Å². The molecule has 6 rings (SSSR count). The van der Waals surface area contributed by atoms with Gasteiger partial charge < -0.3 is 10.0 Å². The number of rotatable bonds is 4. The highest BCUT2D eigenvalue weighted by molar-refractivity contribution is 5.95. The summed E-state index contributed by atoms with van der Waals surface area (Å²) in [6.45, 7) is 0.841. The van der Waals surface area contributed by atoms with Crippen LogP contribution in [0.15, 0.2) is 89.9 Å². The van der Waals surface area contributed by atoms with Gasteiger partial charge in [0.05, 0.1) is 12.2 Å². The second-order valence-electron chi connectivity index (χ2n) is 9.66. The first-order chi connectivity index (χ1) is 17.6. The average Bonchev–Trinajstić information content (AvgIpc) is 3.06. The van der Waals surface area contributed by atoms with Crippen LogP contribution in [0.2, 0.25) is 0 Å². The number of nitrogens with zero attached hydrogens (tertiary/aromatic N) is 3. The SMILES string of the molecule is O=C1c2c(O)c(=O)cnn2C(CC2c3ccccc3CCc3ccccc32)CN1Cc1ccccc1. The summed E-state index contributed by atoms with van der Waals surface area (Å²) in [5.74, 6) is -0.799. The summed E-state index contributed by atoms with van der Waals surface area (Å²) in [4.78, 5) is 27.5. The Bertz CT molecular complexity index is 1450. The van der Waals surface area contributed by atoms with Crippen molar-refractivity contribution >= 4 is 5.91 Å². The number of fused-ring (bicyclic) bond motifs is 3. The Morgan fingerprint density at radius 3 is 2.11 bits per heavy atom. The van der Waals surface area contributed by atoms with Crippen LogP contribution in [0.1, 0.15) is 56.7 Å². The van der Waals surface area contributed by atoms with Crippen molar-refractivity contribution in [2.45, 2.75) is 37.8 Å². The van der Waals surface area contributed by atoms with Gasteiger partial charge in [0.1, 0.15) is 0 Å². The fraction of sp³-hybridized carbons (Fsp3) is 0.233. The quantitative estimate of drug-likeness (QED) is 0.471. The molecule has 180 valence electrons. The van der Waals surface area contributed by atoms with Crippen LogP contribution in [-0.2, 0) is 19.4 Å². The van der Waals surface area contributed by atoms with Crippen LogP contribution in [0, 0.1) is 0 Å². The van der Waals surface area contributed by atoms with E-state index in [2.05, 4.69) is 53.6 Å². The molecule has 0 spiro atoms. The van der Waals surface area contributed by atoms with E-state index in [0.29, 0.717) is 19.5 Å². The minimum absolute atomic E-state index is 0.0233. The Morgan fingerprint density at radius 1 is 0.833 bits per heavy atom. The Hall–Kier alpha value is -4.19. The first-order valence-corrected chi connectivity index (χ1v) is 12.4. The van der Waals surface area contributed by atoms with E-state index in [-0.39, 0.29) is 23.6 Å². The van der Waals surface area contributed by atoms with E-state index in [1.54, 1.807) is 9.58 Å². The highest BCUT2D eigenvalue weighted by Crippen LogP contribution is 2.41. The number of hydrogen-bond donors (Lipinski definition) is 1. The molecule has 1 unspecified atom stereocenters. The number of amides is 1.